The van der Waals surface area contributed by atoms with E-state index >= 15 is 4.39 Å². The normalized spacial score (nSPS) is 14.5. The molecular weight excluding hydrogens is 427 g/mol. The zero-order chi connectivity index (χ0) is 23.5. The second-order valence-electron chi connectivity index (χ2n) is 8.94. The third-order valence-corrected chi connectivity index (χ3v) is 6.82. The molecule has 1 aliphatic heterocycles. The molecule has 4 aromatic rings. The molecule has 1 amide bonds. The zero-order valence-electron chi connectivity index (χ0n) is 19.4. The Labute approximate surface area is 199 Å². The van der Waals surface area contributed by atoms with Gasteiger partial charge >= 0.3 is 0 Å². The van der Waals surface area contributed by atoms with Crippen LogP contribution in [0.1, 0.15) is 41.9 Å². The number of nitrogens with zero attached hydrogens (tertiary/aromatic N) is 2. The first-order valence-corrected chi connectivity index (χ1v) is 11.9. The van der Waals surface area contributed by atoms with Crippen molar-refractivity contribution in [3.63, 3.8) is 0 Å². The average Bonchev–Trinajstić information content (AvgIpc) is 3.53. The number of halogens is 1. The van der Waals surface area contributed by atoms with Gasteiger partial charge in [-0.15, -0.1) is 0 Å². The zero-order valence-corrected chi connectivity index (χ0v) is 19.4. The summed E-state index contributed by atoms with van der Waals surface area (Å²) >= 11 is 0. The van der Waals surface area contributed by atoms with Crippen LogP contribution in [-0.4, -0.2) is 35.6 Å². The lowest BCUT2D eigenvalue weighted by Crippen LogP contribution is -2.29. The van der Waals surface area contributed by atoms with Crippen molar-refractivity contribution in [1.82, 2.24) is 9.47 Å². The van der Waals surface area contributed by atoms with Gasteiger partial charge in [-0.2, -0.15) is 0 Å². The molecule has 34 heavy (non-hydrogen) atoms. The molecule has 1 fully saturated rings. The van der Waals surface area contributed by atoms with Crippen molar-refractivity contribution in [2.75, 3.05) is 20.2 Å². The fourth-order valence-corrected chi connectivity index (χ4v) is 5.03. The molecule has 0 unspecified atom stereocenters. The van der Waals surface area contributed by atoms with Gasteiger partial charge in [0.1, 0.15) is 11.6 Å². The van der Waals surface area contributed by atoms with Crippen LogP contribution in [0, 0.1) is 5.82 Å². The average molecular weight is 457 g/mol. The van der Waals surface area contributed by atoms with E-state index in [0.29, 0.717) is 12.1 Å². The number of likely N-dealkylation sites (tertiary alicyclic amines) is 1. The molecule has 2 heterocycles. The van der Waals surface area contributed by atoms with Crippen LogP contribution in [0.5, 0.6) is 5.75 Å². The number of amides is 1. The van der Waals surface area contributed by atoms with Gasteiger partial charge in [0, 0.05) is 49.1 Å². The summed E-state index contributed by atoms with van der Waals surface area (Å²) in [5.74, 6) is 0.296. The van der Waals surface area contributed by atoms with Crippen LogP contribution in [0.25, 0.3) is 10.9 Å². The van der Waals surface area contributed by atoms with E-state index in [0.717, 1.165) is 53.7 Å². The monoisotopic (exact) mass is 456 g/mol. The predicted molar refractivity (Wildman–Crippen MR) is 133 cm³/mol. The lowest BCUT2D eigenvalue weighted by molar-refractivity contribution is -0.130. The Morgan fingerprint density at radius 3 is 2.38 bits per heavy atom. The van der Waals surface area contributed by atoms with Gasteiger partial charge in [-0.05, 0) is 53.8 Å². The van der Waals surface area contributed by atoms with Crippen molar-refractivity contribution in [2.24, 2.45) is 0 Å². The molecule has 0 spiro atoms. The Balaban J connectivity index is 1.57. The summed E-state index contributed by atoms with van der Waals surface area (Å²) < 4.78 is 22.5. The van der Waals surface area contributed by atoms with Crippen LogP contribution >= 0.6 is 0 Å². The molecule has 0 radical (unpaired) electrons. The van der Waals surface area contributed by atoms with Crippen molar-refractivity contribution >= 4 is 16.8 Å². The van der Waals surface area contributed by atoms with E-state index in [1.807, 2.05) is 41.3 Å². The second-order valence-corrected chi connectivity index (χ2v) is 8.94. The number of para-hydroxylation sites is 1. The van der Waals surface area contributed by atoms with Gasteiger partial charge in [-0.25, -0.2) is 4.39 Å². The highest BCUT2D eigenvalue weighted by molar-refractivity contribution is 5.87. The minimum absolute atomic E-state index is 0.0951. The molecule has 174 valence electrons. The number of hydrogen-bond donors (Lipinski definition) is 0. The summed E-state index contributed by atoms with van der Waals surface area (Å²) in [5.41, 5.74) is 3.77. The number of hydrogen-bond acceptors (Lipinski definition) is 2. The quantitative estimate of drug-likeness (QED) is 0.343. The number of aromatic nitrogens is 1. The van der Waals surface area contributed by atoms with Crippen LogP contribution in [0.2, 0.25) is 0 Å². The van der Waals surface area contributed by atoms with E-state index in [2.05, 4.69) is 35.0 Å². The SMILES string of the molecule is COc1ccc(Cn2cc([C@H](CC(=O)N3CCCC3)c3ccccc3F)c3ccccc32)cc1. The lowest BCUT2D eigenvalue weighted by atomic mass is 9.87. The van der Waals surface area contributed by atoms with Crippen LogP contribution in [-0.2, 0) is 11.3 Å². The molecule has 1 aromatic heterocycles. The number of rotatable bonds is 7. The van der Waals surface area contributed by atoms with Gasteiger partial charge in [0.25, 0.3) is 0 Å². The van der Waals surface area contributed by atoms with Gasteiger partial charge in [-0.1, -0.05) is 48.5 Å². The Morgan fingerprint density at radius 1 is 0.941 bits per heavy atom. The minimum Gasteiger partial charge on any atom is -0.497 e. The highest BCUT2D eigenvalue weighted by atomic mass is 19.1. The topological polar surface area (TPSA) is 34.5 Å². The van der Waals surface area contributed by atoms with Crippen molar-refractivity contribution in [3.8, 4) is 5.75 Å². The van der Waals surface area contributed by atoms with Crippen LogP contribution < -0.4 is 4.74 Å². The molecule has 1 atom stereocenters. The third-order valence-electron chi connectivity index (χ3n) is 6.82. The first kappa shape index (κ1) is 22.2. The summed E-state index contributed by atoms with van der Waals surface area (Å²) in [4.78, 5) is 15.1. The van der Waals surface area contributed by atoms with Gasteiger partial charge in [0.05, 0.1) is 7.11 Å². The standard InChI is InChI=1S/C29H29FN2O2/c1-34-22-14-12-21(13-15-22)19-32-20-26(24-9-3-5-11-28(24)32)25(23-8-2-4-10-27(23)30)18-29(33)31-16-6-7-17-31/h2-5,8-15,20,25H,6-7,16-19H2,1H3/t25-/m1/s1. The highest BCUT2D eigenvalue weighted by Crippen LogP contribution is 2.37. The molecule has 1 saturated heterocycles. The second kappa shape index (κ2) is 9.72. The van der Waals surface area contributed by atoms with Gasteiger partial charge in [-0.3, -0.25) is 4.79 Å². The highest BCUT2D eigenvalue weighted by Gasteiger charge is 2.28. The van der Waals surface area contributed by atoms with Crippen molar-refractivity contribution in [3.05, 3.63) is 102 Å². The number of carbonyl (C=O) groups excluding carboxylic acids is 1. The Morgan fingerprint density at radius 2 is 1.65 bits per heavy atom. The maximum Gasteiger partial charge on any atom is 0.223 e. The minimum atomic E-state index is -0.351. The summed E-state index contributed by atoms with van der Waals surface area (Å²) in [6.45, 7) is 2.26. The number of methoxy groups -OCH3 is 1. The number of benzene rings is 3. The predicted octanol–water partition coefficient (Wildman–Crippen LogP) is 5.98. The van der Waals surface area contributed by atoms with E-state index < -0.39 is 0 Å². The summed E-state index contributed by atoms with van der Waals surface area (Å²) in [5, 5.41) is 1.05. The van der Waals surface area contributed by atoms with E-state index in [-0.39, 0.29) is 24.1 Å². The largest absolute Gasteiger partial charge is 0.497 e. The molecule has 1 aliphatic rings. The summed E-state index contributed by atoms with van der Waals surface area (Å²) in [6.07, 6.45) is 4.44. The van der Waals surface area contributed by atoms with Crippen LogP contribution in [0.3, 0.4) is 0 Å². The maximum atomic E-state index is 15.0. The molecule has 0 N–H and O–H groups in total. The van der Waals surface area contributed by atoms with E-state index in [1.165, 1.54) is 6.07 Å². The fraction of sp³-hybridized carbons (Fsp3) is 0.276. The molecule has 0 bridgehead atoms. The number of fused-ring (bicyclic) bond motifs is 1. The molecule has 4 nitrogen and oxygen atoms in total. The van der Waals surface area contributed by atoms with Gasteiger partial charge in [0.15, 0.2) is 0 Å². The number of ether oxygens (including phenoxy) is 1. The Hall–Kier alpha value is -3.60. The number of carbonyl (C=O) groups is 1. The Bertz CT molecular complexity index is 1290. The molecule has 5 heteroatoms. The van der Waals surface area contributed by atoms with Crippen molar-refractivity contribution in [1.29, 1.82) is 0 Å². The molecule has 5 rings (SSSR count). The smallest absolute Gasteiger partial charge is 0.223 e. The maximum absolute atomic E-state index is 15.0. The first-order valence-electron chi connectivity index (χ1n) is 11.9. The summed E-state index contributed by atoms with van der Waals surface area (Å²) in [7, 11) is 1.66. The van der Waals surface area contributed by atoms with E-state index in [9.17, 15) is 4.79 Å². The molecule has 0 aliphatic carbocycles. The molecule has 0 saturated carbocycles. The van der Waals surface area contributed by atoms with Crippen LogP contribution in [0.15, 0.2) is 79.0 Å². The first-order chi connectivity index (χ1) is 16.6. The van der Waals surface area contributed by atoms with Crippen molar-refractivity contribution in [2.45, 2.75) is 31.7 Å². The van der Waals surface area contributed by atoms with Gasteiger partial charge in [0.2, 0.25) is 5.91 Å². The Kier molecular flexibility index (Phi) is 6.35. The molecular formula is C29H29FN2O2. The molecule has 3 aromatic carbocycles. The lowest BCUT2D eigenvalue weighted by Gasteiger charge is -2.22. The van der Waals surface area contributed by atoms with Crippen molar-refractivity contribution < 1.29 is 13.9 Å². The van der Waals surface area contributed by atoms with Crippen LogP contribution in [0.4, 0.5) is 4.39 Å². The third kappa shape index (κ3) is 4.43. The van der Waals surface area contributed by atoms with E-state index in [1.54, 1.807) is 13.2 Å². The van der Waals surface area contributed by atoms with Gasteiger partial charge < -0.3 is 14.2 Å². The fourth-order valence-electron chi connectivity index (χ4n) is 5.03. The summed E-state index contributed by atoms with van der Waals surface area (Å²) in [6, 6.07) is 23.1. The van der Waals surface area contributed by atoms with E-state index in [4.69, 9.17) is 4.74 Å².